The molecule has 0 aliphatic rings. The molecule has 0 heterocycles. The summed E-state index contributed by atoms with van der Waals surface area (Å²) in [6, 6.07) is 21.4. The number of hydrogen-bond acceptors (Lipinski definition) is 8. The SMILES string of the molecule is CCOC(=O)c1cccc(-c2cc(C(=O)CCCCC(=O)c3ccc(OC)c(-c4cccc(C(=O)OCC)c4C)c3)ccc2OC)c1C. The van der Waals surface area contributed by atoms with E-state index in [0.29, 0.717) is 57.7 Å². The van der Waals surface area contributed by atoms with Crippen molar-refractivity contribution < 1.29 is 38.1 Å². The molecule has 0 amide bonds. The van der Waals surface area contributed by atoms with Crippen molar-refractivity contribution in [2.75, 3.05) is 27.4 Å². The second-order valence-electron chi connectivity index (χ2n) is 11.3. The van der Waals surface area contributed by atoms with Crippen LogP contribution in [0.3, 0.4) is 0 Å². The molecule has 4 aromatic rings. The van der Waals surface area contributed by atoms with Gasteiger partial charge in [-0.3, -0.25) is 9.59 Å². The maximum atomic E-state index is 13.3. The quantitative estimate of drug-likeness (QED) is 0.0715. The fraction of sp³-hybridized carbons (Fsp3) is 0.300. The first-order valence-electron chi connectivity index (χ1n) is 16.1. The summed E-state index contributed by atoms with van der Waals surface area (Å²) in [5.74, 6) is 0.276. The van der Waals surface area contributed by atoms with Gasteiger partial charge in [-0.15, -0.1) is 0 Å². The molecule has 8 nitrogen and oxygen atoms in total. The van der Waals surface area contributed by atoms with Crippen LogP contribution in [0, 0.1) is 13.8 Å². The molecule has 0 spiro atoms. The predicted molar refractivity (Wildman–Crippen MR) is 185 cm³/mol. The molecule has 0 unspecified atom stereocenters. The zero-order valence-corrected chi connectivity index (χ0v) is 28.4. The molecule has 0 radical (unpaired) electrons. The number of unbranched alkanes of at least 4 members (excludes halogenated alkanes) is 1. The summed E-state index contributed by atoms with van der Waals surface area (Å²) in [4.78, 5) is 51.5. The van der Waals surface area contributed by atoms with Crippen molar-refractivity contribution in [3.63, 3.8) is 0 Å². The molecule has 0 saturated carbocycles. The lowest BCUT2D eigenvalue weighted by Crippen LogP contribution is -2.08. The largest absolute Gasteiger partial charge is 0.496 e. The zero-order chi connectivity index (χ0) is 34.8. The topological polar surface area (TPSA) is 105 Å². The van der Waals surface area contributed by atoms with Gasteiger partial charge in [0.2, 0.25) is 0 Å². The van der Waals surface area contributed by atoms with E-state index in [2.05, 4.69) is 0 Å². The van der Waals surface area contributed by atoms with Crippen molar-refractivity contribution in [3.8, 4) is 33.8 Å². The van der Waals surface area contributed by atoms with Gasteiger partial charge in [-0.1, -0.05) is 24.3 Å². The van der Waals surface area contributed by atoms with Crippen molar-refractivity contribution in [1.82, 2.24) is 0 Å². The van der Waals surface area contributed by atoms with Crippen molar-refractivity contribution in [1.29, 1.82) is 0 Å². The number of hydrogen-bond donors (Lipinski definition) is 0. The van der Waals surface area contributed by atoms with Crippen LogP contribution in [-0.4, -0.2) is 50.9 Å². The van der Waals surface area contributed by atoms with E-state index in [1.54, 1.807) is 88.7 Å². The van der Waals surface area contributed by atoms with E-state index in [1.807, 2.05) is 26.0 Å². The molecule has 48 heavy (non-hydrogen) atoms. The van der Waals surface area contributed by atoms with Crippen LogP contribution in [0.25, 0.3) is 22.3 Å². The van der Waals surface area contributed by atoms with Crippen molar-refractivity contribution in [2.24, 2.45) is 0 Å². The van der Waals surface area contributed by atoms with Gasteiger partial charge in [0.05, 0.1) is 38.6 Å². The molecule has 8 heteroatoms. The fourth-order valence-electron chi connectivity index (χ4n) is 5.76. The first-order chi connectivity index (χ1) is 23.1. The molecule has 0 fully saturated rings. The lowest BCUT2D eigenvalue weighted by atomic mass is 9.92. The summed E-state index contributed by atoms with van der Waals surface area (Å²) in [5.41, 5.74) is 6.42. The highest BCUT2D eigenvalue weighted by Crippen LogP contribution is 2.36. The average Bonchev–Trinajstić information content (AvgIpc) is 3.09. The molecular weight excluding hydrogens is 608 g/mol. The Labute approximate surface area is 282 Å². The third-order valence-electron chi connectivity index (χ3n) is 8.34. The number of ether oxygens (including phenoxy) is 4. The number of benzene rings is 4. The van der Waals surface area contributed by atoms with Gasteiger partial charge in [0.15, 0.2) is 11.6 Å². The highest BCUT2D eigenvalue weighted by atomic mass is 16.5. The minimum atomic E-state index is -0.401. The Morgan fingerprint density at radius 1 is 0.542 bits per heavy atom. The standard InChI is InChI=1S/C40H42O8/c1-7-47-39(43)31-15-11-13-29(25(31)3)33-23-27(19-21-37(33)45-5)35(41)17-9-10-18-36(42)28-20-22-38(46-6)34(24-28)30-14-12-16-32(26(30)4)40(44)48-8-2/h11-16,19-24H,7-10,17-18H2,1-6H3. The van der Waals surface area contributed by atoms with Crippen molar-refractivity contribution in [3.05, 3.63) is 106 Å². The average molecular weight is 651 g/mol. The molecule has 0 aliphatic carbocycles. The van der Waals surface area contributed by atoms with Crippen LogP contribution >= 0.6 is 0 Å². The summed E-state index contributed by atoms with van der Waals surface area (Å²) < 4.78 is 21.6. The number of carbonyl (C=O) groups excluding carboxylic acids is 4. The predicted octanol–water partition coefficient (Wildman–Crippen LogP) is 8.63. The summed E-state index contributed by atoms with van der Waals surface area (Å²) in [5, 5.41) is 0. The second-order valence-corrected chi connectivity index (χ2v) is 11.3. The van der Waals surface area contributed by atoms with E-state index < -0.39 is 11.9 Å². The maximum Gasteiger partial charge on any atom is 0.338 e. The van der Waals surface area contributed by atoms with E-state index in [4.69, 9.17) is 18.9 Å². The summed E-state index contributed by atoms with van der Waals surface area (Å²) in [7, 11) is 3.13. The number of carbonyl (C=O) groups is 4. The third-order valence-corrected chi connectivity index (χ3v) is 8.34. The second kappa shape index (κ2) is 16.5. The smallest absolute Gasteiger partial charge is 0.338 e. The van der Waals surface area contributed by atoms with E-state index >= 15 is 0 Å². The molecule has 0 bridgehead atoms. The summed E-state index contributed by atoms with van der Waals surface area (Å²) in [6.07, 6.45) is 1.61. The van der Waals surface area contributed by atoms with Crippen molar-refractivity contribution >= 4 is 23.5 Å². The Morgan fingerprint density at radius 3 is 1.29 bits per heavy atom. The first-order valence-corrected chi connectivity index (χ1v) is 16.1. The molecule has 0 aliphatic heterocycles. The number of methoxy groups -OCH3 is 2. The molecule has 0 saturated heterocycles. The fourth-order valence-corrected chi connectivity index (χ4v) is 5.76. The van der Waals surface area contributed by atoms with Gasteiger partial charge < -0.3 is 18.9 Å². The van der Waals surface area contributed by atoms with Crippen LogP contribution in [0.5, 0.6) is 11.5 Å². The van der Waals surface area contributed by atoms with Gasteiger partial charge >= 0.3 is 11.9 Å². The third kappa shape index (κ3) is 8.00. The highest BCUT2D eigenvalue weighted by molar-refractivity contribution is 6.00. The summed E-state index contributed by atoms with van der Waals surface area (Å²) in [6.45, 7) is 7.76. The summed E-state index contributed by atoms with van der Waals surface area (Å²) >= 11 is 0. The molecule has 4 aromatic carbocycles. The van der Waals surface area contributed by atoms with Crippen molar-refractivity contribution in [2.45, 2.75) is 53.4 Å². The molecule has 0 N–H and O–H groups in total. The van der Waals surface area contributed by atoms with Crippen LogP contribution in [0.4, 0.5) is 0 Å². The van der Waals surface area contributed by atoms with Crippen LogP contribution in [-0.2, 0) is 9.47 Å². The first kappa shape index (κ1) is 35.6. The lowest BCUT2D eigenvalue weighted by Gasteiger charge is -2.15. The van der Waals surface area contributed by atoms with Gasteiger partial charge in [0.25, 0.3) is 0 Å². The van der Waals surface area contributed by atoms with Gasteiger partial charge in [-0.25, -0.2) is 9.59 Å². The van der Waals surface area contributed by atoms with Crippen LogP contribution in [0.1, 0.15) is 92.1 Å². The van der Waals surface area contributed by atoms with Gasteiger partial charge in [0, 0.05) is 35.1 Å². The Hall–Kier alpha value is -5.24. The van der Waals surface area contributed by atoms with Gasteiger partial charge in [0.1, 0.15) is 11.5 Å². The van der Waals surface area contributed by atoms with E-state index in [1.165, 1.54) is 0 Å². The van der Waals surface area contributed by atoms with E-state index in [9.17, 15) is 19.2 Å². The molecule has 4 rings (SSSR count). The number of rotatable bonds is 15. The molecule has 0 aromatic heterocycles. The van der Waals surface area contributed by atoms with E-state index in [0.717, 1.165) is 22.3 Å². The minimum Gasteiger partial charge on any atom is -0.496 e. The number of ketones is 2. The Balaban J connectivity index is 1.45. The van der Waals surface area contributed by atoms with Crippen LogP contribution < -0.4 is 9.47 Å². The molecular formula is C40H42O8. The monoisotopic (exact) mass is 650 g/mol. The van der Waals surface area contributed by atoms with Gasteiger partial charge in [-0.05, 0) is 111 Å². The minimum absolute atomic E-state index is 0.0470. The Kier molecular flexibility index (Phi) is 12.3. The number of Topliss-reactive ketones (excluding diaryl/α,β-unsaturated/α-hetero) is 2. The van der Waals surface area contributed by atoms with Crippen LogP contribution in [0.15, 0.2) is 72.8 Å². The van der Waals surface area contributed by atoms with E-state index in [-0.39, 0.29) is 37.6 Å². The van der Waals surface area contributed by atoms with Gasteiger partial charge in [-0.2, -0.15) is 0 Å². The number of esters is 2. The maximum absolute atomic E-state index is 13.3. The Morgan fingerprint density at radius 2 is 0.938 bits per heavy atom. The highest BCUT2D eigenvalue weighted by Gasteiger charge is 2.20. The lowest BCUT2D eigenvalue weighted by molar-refractivity contribution is 0.0516. The normalized spacial score (nSPS) is 10.7. The van der Waals surface area contributed by atoms with Crippen LogP contribution in [0.2, 0.25) is 0 Å². The Bertz CT molecular complexity index is 1690. The molecule has 250 valence electrons. The molecule has 0 atom stereocenters. The zero-order valence-electron chi connectivity index (χ0n) is 28.4.